The zero-order valence-electron chi connectivity index (χ0n) is 4.02. The second kappa shape index (κ2) is 6.65. The van der Waals surface area contributed by atoms with E-state index in [0.29, 0.717) is 6.61 Å². The van der Waals surface area contributed by atoms with E-state index in [1.165, 1.54) is 0 Å². The van der Waals surface area contributed by atoms with Crippen molar-refractivity contribution in [2.75, 3.05) is 6.61 Å². The van der Waals surface area contributed by atoms with Gasteiger partial charge in [0.05, 0.1) is 6.61 Å². The predicted molar refractivity (Wildman–Crippen MR) is 21.3 cm³/mol. The quantitative estimate of drug-likeness (QED) is 0.677. The van der Waals surface area contributed by atoms with Crippen LogP contribution in [-0.4, -0.2) is 12.7 Å². The van der Waals surface area contributed by atoms with Crippen LogP contribution in [0.15, 0.2) is 0 Å². The van der Waals surface area contributed by atoms with E-state index in [1.807, 2.05) is 0 Å². The Morgan fingerprint density at radius 2 is 2.29 bits per heavy atom. The van der Waals surface area contributed by atoms with E-state index >= 15 is 0 Å². The third-order valence-corrected chi connectivity index (χ3v) is 0.275. The summed E-state index contributed by atoms with van der Waals surface area (Å²) in [4.78, 5) is 9.49. The van der Waals surface area contributed by atoms with Crippen molar-refractivity contribution in [1.29, 1.82) is 0 Å². The summed E-state index contributed by atoms with van der Waals surface area (Å²) in [5.74, 6) is 0. The van der Waals surface area contributed by atoms with Gasteiger partial charge in [0.2, 0.25) is 6.09 Å². The summed E-state index contributed by atoms with van der Waals surface area (Å²) in [7, 11) is 0. The summed E-state index contributed by atoms with van der Waals surface area (Å²) in [6, 6.07) is 0. The normalized spacial score (nSPS) is 6.43. The van der Waals surface area contributed by atoms with E-state index in [9.17, 15) is 4.79 Å². The Morgan fingerprint density at radius 1 is 1.86 bits per heavy atom. The van der Waals surface area contributed by atoms with Gasteiger partial charge >= 0.3 is 0 Å². The van der Waals surface area contributed by atoms with Crippen LogP contribution in [0.25, 0.3) is 5.73 Å². The van der Waals surface area contributed by atoms with Crippen molar-refractivity contribution < 1.29 is 51.3 Å². The minimum Gasteiger partial charge on any atom is -0.632 e. The number of hydrogen-bond donors (Lipinski definition) is 0. The molecule has 0 atom stereocenters. The first kappa shape index (κ1) is 10.6. The maximum atomic E-state index is 9.49. The molecule has 0 bridgehead atoms. The SMILES string of the molecule is CCOC([NH-])=O.[Ce]. The summed E-state index contributed by atoms with van der Waals surface area (Å²) in [5, 5.41) is 0. The van der Waals surface area contributed by atoms with Gasteiger partial charge in [-0.3, -0.25) is 4.79 Å². The number of nitrogens with one attached hydrogen (secondary N) is 1. The third-order valence-electron chi connectivity index (χ3n) is 0.275. The molecule has 0 aliphatic carbocycles. The number of hydrogen-bond acceptors (Lipinski definition) is 2. The zero-order chi connectivity index (χ0) is 4.99. The molecule has 3 nitrogen and oxygen atoms in total. The first-order valence-electron chi connectivity index (χ1n) is 1.65. The van der Waals surface area contributed by atoms with Gasteiger partial charge < -0.3 is 10.5 Å². The second-order valence-corrected chi connectivity index (χ2v) is 0.720. The van der Waals surface area contributed by atoms with Crippen molar-refractivity contribution >= 4 is 6.09 Å². The van der Waals surface area contributed by atoms with Gasteiger partial charge in [-0.15, -0.1) is 0 Å². The molecule has 0 spiro atoms. The summed E-state index contributed by atoms with van der Waals surface area (Å²) >= 11 is 0. The predicted octanol–water partition coefficient (Wildman–Crippen LogP) is 1.20. The summed E-state index contributed by atoms with van der Waals surface area (Å²) in [6.07, 6.45) is -0.961. The van der Waals surface area contributed by atoms with E-state index in [-0.39, 0.29) is 41.7 Å². The van der Waals surface area contributed by atoms with E-state index in [1.54, 1.807) is 6.92 Å². The molecule has 0 rings (SSSR count). The van der Waals surface area contributed by atoms with Crippen LogP contribution in [0.2, 0.25) is 0 Å². The average molecular weight is 228 g/mol. The monoisotopic (exact) mass is 228 g/mol. The third kappa shape index (κ3) is 10.8. The minimum atomic E-state index is -0.961. The molecule has 0 saturated heterocycles. The fraction of sp³-hybridized carbons (Fsp3) is 0.667. The molecular weight excluding hydrogens is 222 g/mol. The van der Waals surface area contributed by atoms with Gasteiger partial charge in [0.15, 0.2) is 0 Å². The number of amides is 1. The van der Waals surface area contributed by atoms with E-state index in [0.717, 1.165) is 0 Å². The molecule has 0 aromatic heterocycles. The fourth-order valence-electron chi connectivity index (χ4n) is 0.131. The zero-order valence-corrected chi connectivity index (χ0v) is 7.16. The summed E-state index contributed by atoms with van der Waals surface area (Å²) in [6.45, 7) is 1.95. The molecule has 0 aliphatic rings. The van der Waals surface area contributed by atoms with Gasteiger partial charge in [-0.05, 0) is 6.92 Å². The van der Waals surface area contributed by atoms with Crippen LogP contribution in [0.3, 0.4) is 0 Å². The number of rotatable bonds is 1. The van der Waals surface area contributed by atoms with Gasteiger partial charge in [0, 0.05) is 41.7 Å². The van der Waals surface area contributed by atoms with Crippen LogP contribution >= 0.6 is 0 Å². The van der Waals surface area contributed by atoms with Crippen LogP contribution in [0, 0.1) is 41.7 Å². The largest absolute Gasteiger partial charge is 0.632 e. The van der Waals surface area contributed by atoms with Crippen molar-refractivity contribution in [3.8, 4) is 0 Å². The number of carbonyl (C=O) groups excluding carboxylic acids is 1. The Labute approximate surface area is 76.0 Å². The Kier molecular flexibility index (Phi) is 10.1. The van der Waals surface area contributed by atoms with Gasteiger partial charge in [0.1, 0.15) is 0 Å². The van der Waals surface area contributed by atoms with Crippen molar-refractivity contribution in [1.82, 2.24) is 0 Å². The molecule has 0 heterocycles. The van der Waals surface area contributed by atoms with Crippen molar-refractivity contribution in [2.24, 2.45) is 0 Å². The fourth-order valence-corrected chi connectivity index (χ4v) is 0.131. The summed E-state index contributed by atoms with van der Waals surface area (Å²) < 4.78 is 4.07. The molecule has 7 heavy (non-hydrogen) atoms. The second-order valence-electron chi connectivity index (χ2n) is 0.720. The minimum absolute atomic E-state index is 0. The molecule has 4 heteroatoms. The van der Waals surface area contributed by atoms with Gasteiger partial charge in [-0.25, -0.2) is 0 Å². The standard InChI is InChI=1S/C3H7NO2.Ce/c1-2-6-3(4)5;/h2H2,1H3,(H2,4,5);/p-1. The molecule has 1 amide bonds. The van der Waals surface area contributed by atoms with Gasteiger partial charge in [0.25, 0.3) is 0 Å². The Balaban J connectivity index is 0. The molecule has 0 fully saturated rings. The van der Waals surface area contributed by atoms with Crippen LogP contribution in [-0.2, 0) is 4.74 Å². The summed E-state index contributed by atoms with van der Waals surface area (Å²) in [5.41, 5.74) is 6.12. The van der Waals surface area contributed by atoms with Crippen molar-refractivity contribution in [3.05, 3.63) is 5.73 Å². The Bertz CT molecular complexity index is 56.9. The number of carbonyl (C=O) groups is 1. The average Bonchev–Trinajstić information content (AvgIpc) is 1.35. The molecule has 0 radical (unpaired) electrons. The van der Waals surface area contributed by atoms with Crippen LogP contribution < -0.4 is 0 Å². The van der Waals surface area contributed by atoms with E-state index < -0.39 is 6.09 Å². The molecule has 0 aliphatic heterocycles. The topological polar surface area (TPSA) is 50.1 Å². The smallest absolute Gasteiger partial charge is 0.227 e. The van der Waals surface area contributed by atoms with Crippen molar-refractivity contribution in [3.63, 3.8) is 0 Å². The Hall–Kier alpha value is 0.647. The molecule has 0 unspecified atom stereocenters. The molecular formula is C3H6CeNO2-. The van der Waals surface area contributed by atoms with Gasteiger partial charge in [-0.2, -0.15) is 0 Å². The molecule has 0 saturated carbocycles. The van der Waals surface area contributed by atoms with Crippen molar-refractivity contribution in [2.45, 2.75) is 6.92 Å². The van der Waals surface area contributed by atoms with Crippen LogP contribution in [0.4, 0.5) is 4.79 Å². The van der Waals surface area contributed by atoms with Gasteiger partial charge in [-0.1, -0.05) is 0 Å². The Morgan fingerprint density at radius 3 is 2.29 bits per heavy atom. The molecule has 0 aromatic rings. The van der Waals surface area contributed by atoms with Crippen LogP contribution in [0.1, 0.15) is 6.92 Å². The van der Waals surface area contributed by atoms with E-state index in [2.05, 4.69) is 4.74 Å². The first-order valence-corrected chi connectivity index (χ1v) is 1.65. The maximum absolute atomic E-state index is 9.49. The molecule has 40 valence electrons. The first-order chi connectivity index (χ1) is 2.77. The number of ether oxygens (including phenoxy) is 1. The molecule has 0 aromatic carbocycles. The van der Waals surface area contributed by atoms with E-state index in [4.69, 9.17) is 5.73 Å². The van der Waals surface area contributed by atoms with Crippen LogP contribution in [0.5, 0.6) is 0 Å². The maximum Gasteiger partial charge on any atom is 0.227 e. The molecule has 1 N–H and O–H groups in total.